The fourth-order valence-electron chi connectivity index (χ4n) is 3.29. The fourth-order valence-corrected chi connectivity index (χ4v) is 3.29. The standard InChI is InChI=1S/C14H29N3/c1-4-17(5-2)14-6-7-16(11-14)10-12(3)13-8-15-9-13/h12-15H,4-11H2,1-3H3. The van der Waals surface area contributed by atoms with Gasteiger partial charge in [-0.15, -0.1) is 0 Å². The zero-order valence-corrected chi connectivity index (χ0v) is 11.8. The maximum absolute atomic E-state index is 3.39. The molecule has 2 aliphatic rings. The lowest BCUT2D eigenvalue weighted by atomic mass is 9.88. The molecule has 2 heterocycles. The van der Waals surface area contributed by atoms with Crippen LogP contribution in [0.2, 0.25) is 0 Å². The van der Waals surface area contributed by atoms with E-state index in [1.54, 1.807) is 0 Å². The molecular formula is C14H29N3. The number of nitrogens with zero attached hydrogens (tertiary/aromatic N) is 2. The Bertz CT molecular complexity index is 224. The Morgan fingerprint density at radius 2 is 2.00 bits per heavy atom. The van der Waals surface area contributed by atoms with E-state index in [-0.39, 0.29) is 0 Å². The highest BCUT2D eigenvalue weighted by Crippen LogP contribution is 2.21. The van der Waals surface area contributed by atoms with Crippen LogP contribution in [-0.4, -0.2) is 61.7 Å². The summed E-state index contributed by atoms with van der Waals surface area (Å²) in [5, 5.41) is 3.39. The van der Waals surface area contributed by atoms with Gasteiger partial charge in [0, 0.05) is 19.1 Å². The molecule has 2 unspecified atom stereocenters. The van der Waals surface area contributed by atoms with Crippen LogP contribution in [0, 0.1) is 11.8 Å². The van der Waals surface area contributed by atoms with Crippen LogP contribution in [0.5, 0.6) is 0 Å². The lowest BCUT2D eigenvalue weighted by molar-refractivity contribution is 0.168. The van der Waals surface area contributed by atoms with E-state index >= 15 is 0 Å². The van der Waals surface area contributed by atoms with Crippen LogP contribution in [0.4, 0.5) is 0 Å². The lowest BCUT2D eigenvalue weighted by Crippen LogP contribution is -2.48. The van der Waals surface area contributed by atoms with Crippen molar-refractivity contribution >= 4 is 0 Å². The second-order valence-corrected chi connectivity index (χ2v) is 5.82. The maximum Gasteiger partial charge on any atom is 0.0235 e. The Morgan fingerprint density at radius 1 is 1.29 bits per heavy atom. The molecule has 2 atom stereocenters. The third-order valence-corrected chi connectivity index (χ3v) is 4.74. The first-order chi connectivity index (χ1) is 8.24. The van der Waals surface area contributed by atoms with Crippen LogP contribution in [0.1, 0.15) is 27.2 Å². The van der Waals surface area contributed by atoms with Crippen molar-refractivity contribution in [3.8, 4) is 0 Å². The Hall–Kier alpha value is -0.120. The fraction of sp³-hybridized carbons (Fsp3) is 1.00. The van der Waals surface area contributed by atoms with Crippen LogP contribution in [0.15, 0.2) is 0 Å². The van der Waals surface area contributed by atoms with Crippen LogP contribution < -0.4 is 5.32 Å². The molecule has 0 bridgehead atoms. The highest BCUT2D eigenvalue weighted by Gasteiger charge is 2.30. The van der Waals surface area contributed by atoms with Gasteiger partial charge in [-0.2, -0.15) is 0 Å². The number of rotatable bonds is 6. The zero-order valence-electron chi connectivity index (χ0n) is 11.8. The van der Waals surface area contributed by atoms with Crippen molar-refractivity contribution in [1.82, 2.24) is 15.1 Å². The summed E-state index contributed by atoms with van der Waals surface area (Å²) in [4.78, 5) is 5.31. The summed E-state index contributed by atoms with van der Waals surface area (Å²) in [7, 11) is 0. The molecule has 0 saturated carbocycles. The largest absolute Gasteiger partial charge is 0.316 e. The summed E-state index contributed by atoms with van der Waals surface area (Å²) in [6.45, 7) is 15.8. The van der Waals surface area contributed by atoms with Crippen molar-refractivity contribution in [2.45, 2.75) is 33.2 Å². The van der Waals surface area contributed by atoms with Crippen LogP contribution in [-0.2, 0) is 0 Å². The molecule has 0 aromatic heterocycles. The number of hydrogen-bond donors (Lipinski definition) is 1. The third kappa shape index (κ3) is 3.21. The van der Waals surface area contributed by atoms with E-state index in [0.29, 0.717) is 0 Å². The third-order valence-electron chi connectivity index (χ3n) is 4.74. The number of likely N-dealkylation sites (N-methyl/N-ethyl adjacent to an activating group) is 1. The maximum atomic E-state index is 3.39. The molecule has 2 fully saturated rings. The predicted octanol–water partition coefficient (Wildman–Crippen LogP) is 1.26. The monoisotopic (exact) mass is 239 g/mol. The van der Waals surface area contributed by atoms with Gasteiger partial charge in [-0.05, 0) is 51.0 Å². The summed E-state index contributed by atoms with van der Waals surface area (Å²) in [6, 6.07) is 0.816. The smallest absolute Gasteiger partial charge is 0.0235 e. The van der Waals surface area contributed by atoms with Gasteiger partial charge in [0.1, 0.15) is 0 Å². The Labute approximate surface area is 107 Å². The first kappa shape index (κ1) is 13.3. The molecular weight excluding hydrogens is 210 g/mol. The quantitative estimate of drug-likeness (QED) is 0.753. The molecule has 17 heavy (non-hydrogen) atoms. The van der Waals surface area contributed by atoms with Gasteiger partial charge >= 0.3 is 0 Å². The van der Waals surface area contributed by atoms with E-state index in [0.717, 1.165) is 17.9 Å². The average Bonchev–Trinajstić information content (AvgIpc) is 2.65. The molecule has 100 valence electrons. The van der Waals surface area contributed by atoms with Crippen molar-refractivity contribution in [3.05, 3.63) is 0 Å². The molecule has 2 aliphatic heterocycles. The number of hydrogen-bond acceptors (Lipinski definition) is 3. The van der Waals surface area contributed by atoms with Gasteiger partial charge < -0.3 is 10.2 Å². The molecule has 2 saturated heterocycles. The molecule has 3 heteroatoms. The van der Waals surface area contributed by atoms with Crippen LogP contribution in [0.3, 0.4) is 0 Å². The first-order valence-electron chi connectivity index (χ1n) is 7.41. The summed E-state index contributed by atoms with van der Waals surface area (Å²) < 4.78 is 0. The van der Waals surface area contributed by atoms with Crippen molar-refractivity contribution in [1.29, 1.82) is 0 Å². The highest BCUT2D eigenvalue weighted by molar-refractivity contribution is 4.86. The van der Waals surface area contributed by atoms with Crippen LogP contribution >= 0.6 is 0 Å². The molecule has 0 aromatic rings. The second kappa shape index (κ2) is 6.17. The van der Waals surface area contributed by atoms with E-state index in [1.807, 2.05) is 0 Å². The highest BCUT2D eigenvalue weighted by atomic mass is 15.2. The first-order valence-corrected chi connectivity index (χ1v) is 7.41. The Balaban J connectivity index is 1.73. The molecule has 0 aromatic carbocycles. The van der Waals surface area contributed by atoms with Gasteiger partial charge in [-0.25, -0.2) is 0 Å². The predicted molar refractivity (Wildman–Crippen MR) is 73.3 cm³/mol. The Kier molecular flexibility index (Phi) is 4.83. The van der Waals surface area contributed by atoms with Gasteiger partial charge in [0.15, 0.2) is 0 Å². The molecule has 2 rings (SSSR count). The molecule has 0 aliphatic carbocycles. The van der Waals surface area contributed by atoms with Gasteiger partial charge in [-0.1, -0.05) is 20.8 Å². The molecule has 3 nitrogen and oxygen atoms in total. The number of nitrogens with one attached hydrogen (secondary N) is 1. The summed E-state index contributed by atoms with van der Waals surface area (Å²) in [5.74, 6) is 1.80. The summed E-state index contributed by atoms with van der Waals surface area (Å²) in [5.41, 5.74) is 0. The van der Waals surface area contributed by atoms with Gasteiger partial charge in [0.05, 0.1) is 0 Å². The van der Waals surface area contributed by atoms with E-state index in [4.69, 9.17) is 0 Å². The normalized spacial score (nSPS) is 28.6. The van der Waals surface area contributed by atoms with Gasteiger partial charge in [0.2, 0.25) is 0 Å². The molecule has 1 N–H and O–H groups in total. The van der Waals surface area contributed by atoms with E-state index < -0.39 is 0 Å². The SMILES string of the molecule is CCN(CC)C1CCN(CC(C)C2CNC2)C1. The van der Waals surface area contributed by atoms with Crippen molar-refractivity contribution in [2.24, 2.45) is 11.8 Å². The topological polar surface area (TPSA) is 18.5 Å². The van der Waals surface area contributed by atoms with Crippen molar-refractivity contribution in [2.75, 3.05) is 45.8 Å². The second-order valence-electron chi connectivity index (χ2n) is 5.82. The minimum Gasteiger partial charge on any atom is -0.316 e. The zero-order chi connectivity index (χ0) is 12.3. The minimum absolute atomic E-state index is 0.816. The van der Waals surface area contributed by atoms with E-state index in [1.165, 1.54) is 52.2 Å². The minimum atomic E-state index is 0.816. The summed E-state index contributed by atoms with van der Waals surface area (Å²) in [6.07, 6.45) is 1.37. The lowest BCUT2D eigenvalue weighted by Gasteiger charge is -2.35. The van der Waals surface area contributed by atoms with Gasteiger partial charge in [0.25, 0.3) is 0 Å². The van der Waals surface area contributed by atoms with Crippen LogP contribution in [0.25, 0.3) is 0 Å². The van der Waals surface area contributed by atoms with Crippen molar-refractivity contribution in [3.63, 3.8) is 0 Å². The molecule has 0 amide bonds. The molecule has 0 radical (unpaired) electrons. The molecule has 0 spiro atoms. The van der Waals surface area contributed by atoms with Gasteiger partial charge in [-0.3, -0.25) is 4.90 Å². The summed E-state index contributed by atoms with van der Waals surface area (Å²) >= 11 is 0. The van der Waals surface area contributed by atoms with Crippen molar-refractivity contribution < 1.29 is 0 Å². The van der Waals surface area contributed by atoms with E-state index in [9.17, 15) is 0 Å². The average molecular weight is 239 g/mol. The Morgan fingerprint density at radius 3 is 2.53 bits per heavy atom. The van der Waals surface area contributed by atoms with E-state index in [2.05, 4.69) is 35.9 Å². The number of likely N-dealkylation sites (tertiary alicyclic amines) is 1.